The van der Waals surface area contributed by atoms with E-state index >= 15 is 0 Å². The molecule has 78 valence electrons. The zero-order chi connectivity index (χ0) is 10.6. The number of benzene rings is 1. The number of rotatable bonds is 4. The van der Waals surface area contributed by atoms with E-state index in [9.17, 15) is 10.2 Å². The molecule has 0 saturated heterocycles. The van der Waals surface area contributed by atoms with Gasteiger partial charge in [-0.25, -0.2) is 0 Å². The summed E-state index contributed by atoms with van der Waals surface area (Å²) in [7, 11) is 0. The van der Waals surface area contributed by atoms with E-state index in [1.165, 1.54) is 0 Å². The van der Waals surface area contributed by atoms with Gasteiger partial charge in [0.05, 0.1) is 13.2 Å². The van der Waals surface area contributed by atoms with E-state index in [2.05, 4.69) is 15.9 Å². The minimum absolute atomic E-state index is 0.0391. The average Bonchev–Trinajstić information content (AvgIpc) is 2.24. The molecule has 1 aromatic carbocycles. The molecule has 0 bridgehead atoms. The Labute approximate surface area is 92.7 Å². The van der Waals surface area contributed by atoms with Crippen molar-refractivity contribution >= 4 is 15.9 Å². The zero-order valence-corrected chi connectivity index (χ0v) is 9.79. The van der Waals surface area contributed by atoms with Gasteiger partial charge in [0.2, 0.25) is 0 Å². The molecule has 0 aliphatic carbocycles. The summed E-state index contributed by atoms with van der Waals surface area (Å²) in [5, 5.41) is 18.7. The van der Waals surface area contributed by atoms with Crippen LogP contribution in [0.15, 0.2) is 28.7 Å². The SMILES string of the molecule is CCC(CO)(CO)c1ccccc1Br. The molecule has 0 spiro atoms. The first kappa shape index (κ1) is 11.7. The van der Waals surface area contributed by atoms with Gasteiger partial charge >= 0.3 is 0 Å². The van der Waals surface area contributed by atoms with Gasteiger partial charge in [-0.05, 0) is 18.1 Å². The van der Waals surface area contributed by atoms with Crippen molar-refractivity contribution in [3.63, 3.8) is 0 Å². The van der Waals surface area contributed by atoms with E-state index in [1.807, 2.05) is 31.2 Å². The predicted octanol–water partition coefficient (Wildman–Crippen LogP) is 2.08. The molecule has 0 unspecified atom stereocenters. The quantitative estimate of drug-likeness (QED) is 0.869. The Hall–Kier alpha value is -0.380. The van der Waals surface area contributed by atoms with Gasteiger partial charge in [0.1, 0.15) is 0 Å². The number of aliphatic hydroxyl groups excluding tert-OH is 2. The molecular weight excluding hydrogens is 244 g/mol. The first-order chi connectivity index (χ1) is 6.70. The van der Waals surface area contributed by atoms with Crippen molar-refractivity contribution in [3.05, 3.63) is 34.3 Å². The highest BCUT2D eigenvalue weighted by Gasteiger charge is 2.30. The largest absolute Gasteiger partial charge is 0.395 e. The van der Waals surface area contributed by atoms with Gasteiger partial charge in [0.25, 0.3) is 0 Å². The van der Waals surface area contributed by atoms with Gasteiger partial charge in [-0.15, -0.1) is 0 Å². The van der Waals surface area contributed by atoms with Crippen LogP contribution in [-0.4, -0.2) is 23.4 Å². The summed E-state index contributed by atoms with van der Waals surface area (Å²) in [5.74, 6) is 0. The van der Waals surface area contributed by atoms with Crippen molar-refractivity contribution in [1.29, 1.82) is 0 Å². The third kappa shape index (κ3) is 2.00. The third-order valence-corrected chi connectivity index (χ3v) is 3.42. The molecule has 0 heterocycles. The molecule has 0 fully saturated rings. The van der Waals surface area contributed by atoms with Crippen LogP contribution in [-0.2, 0) is 5.41 Å². The maximum absolute atomic E-state index is 9.37. The van der Waals surface area contributed by atoms with E-state index in [-0.39, 0.29) is 13.2 Å². The van der Waals surface area contributed by atoms with Crippen LogP contribution in [0.5, 0.6) is 0 Å². The summed E-state index contributed by atoms with van der Waals surface area (Å²) in [6, 6.07) is 7.68. The van der Waals surface area contributed by atoms with Gasteiger partial charge < -0.3 is 10.2 Å². The van der Waals surface area contributed by atoms with Crippen LogP contribution >= 0.6 is 15.9 Å². The highest BCUT2D eigenvalue weighted by atomic mass is 79.9. The molecule has 1 aromatic rings. The number of halogens is 1. The molecule has 2 nitrogen and oxygen atoms in total. The topological polar surface area (TPSA) is 40.5 Å². The Morgan fingerprint density at radius 1 is 1.21 bits per heavy atom. The highest BCUT2D eigenvalue weighted by Crippen LogP contribution is 2.32. The highest BCUT2D eigenvalue weighted by molar-refractivity contribution is 9.10. The van der Waals surface area contributed by atoms with Crippen molar-refractivity contribution in [2.24, 2.45) is 0 Å². The second kappa shape index (κ2) is 4.91. The van der Waals surface area contributed by atoms with Gasteiger partial charge in [0, 0.05) is 9.89 Å². The molecule has 0 aliphatic rings. The van der Waals surface area contributed by atoms with Crippen molar-refractivity contribution in [2.45, 2.75) is 18.8 Å². The lowest BCUT2D eigenvalue weighted by atomic mass is 9.80. The fraction of sp³-hybridized carbons (Fsp3) is 0.455. The Morgan fingerprint density at radius 3 is 2.21 bits per heavy atom. The maximum Gasteiger partial charge on any atom is 0.0550 e. The first-order valence-electron chi connectivity index (χ1n) is 4.67. The molecule has 0 aromatic heterocycles. The molecule has 0 radical (unpaired) electrons. The molecule has 0 atom stereocenters. The minimum Gasteiger partial charge on any atom is -0.395 e. The summed E-state index contributed by atoms with van der Waals surface area (Å²) >= 11 is 3.43. The lowest BCUT2D eigenvalue weighted by molar-refractivity contribution is 0.113. The van der Waals surface area contributed by atoms with Crippen LogP contribution in [0.4, 0.5) is 0 Å². The van der Waals surface area contributed by atoms with E-state index in [0.29, 0.717) is 6.42 Å². The third-order valence-electron chi connectivity index (χ3n) is 2.73. The maximum atomic E-state index is 9.37. The van der Waals surface area contributed by atoms with Crippen molar-refractivity contribution < 1.29 is 10.2 Å². The van der Waals surface area contributed by atoms with Gasteiger partial charge in [-0.3, -0.25) is 0 Å². The summed E-state index contributed by atoms with van der Waals surface area (Å²) < 4.78 is 0.935. The Kier molecular flexibility index (Phi) is 4.11. The molecule has 0 saturated carbocycles. The number of hydrogen-bond acceptors (Lipinski definition) is 2. The normalized spacial score (nSPS) is 11.7. The second-order valence-corrected chi connectivity index (χ2v) is 4.28. The van der Waals surface area contributed by atoms with Crippen LogP contribution in [0, 0.1) is 0 Å². The van der Waals surface area contributed by atoms with Gasteiger partial charge in [0.15, 0.2) is 0 Å². The Balaban J connectivity index is 3.17. The molecule has 14 heavy (non-hydrogen) atoms. The molecule has 3 heteroatoms. The molecule has 2 N–H and O–H groups in total. The fourth-order valence-electron chi connectivity index (χ4n) is 1.53. The zero-order valence-electron chi connectivity index (χ0n) is 8.20. The summed E-state index contributed by atoms with van der Waals surface area (Å²) in [5.41, 5.74) is 0.438. The van der Waals surface area contributed by atoms with E-state index in [4.69, 9.17) is 0 Å². The second-order valence-electron chi connectivity index (χ2n) is 3.43. The predicted molar refractivity (Wildman–Crippen MR) is 60.3 cm³/mol. The molecule has 0 aliphatic heterocycles. The van der Waals surface area contributed by atoms with Crippen LogP contribution in [0.2, 0.25) is 0 Å². The van der Waals surface area contributed by atoms with Crippen molar-refractivity contribution in [1.82, 2.24) is 0 Å². The van der Waals surface area contributed by atoms with Crippen LogP contribution in [0.3, 0.4) is 0 Å². The standard InChI is InChI=1S/C11H15BrO2/c1-2-11(7-13,8-14)9-5-3-4-6-10(9)12/h3-6,13-14H,2,7-8H2,1H3. The molecule has 1 rings (SSSR count). The Bertz CT molecular complexity index is 287. The summed E-state index contributed by atoms with van der Waals surface area (Å²) in [6.07, 6.45) is 0.711. The van der Waals surface area contributed by atoms with E-state index in [0.717, 1.165) is 10.0 Å². The lowest BCUT2D eigenvalue weighted by Crippen LogP contribution is -2.34. The minimum atomic E-state index is -0.528. The monoisotopic (exact) mass is 258 g/mol. The summed E-state index contributed by atoms with van der Waals surface area (Å²) in [6.45, 7) is 1.89. The number of hydrogen-bond donors (Lipinski definition) is 2. The van der Waals surface area contributed by atoms with E-state index < -0.39 is 5.41 Å². The number of aliphatic hydroxyl groups is 2. The molecular formula is C11H15BrO2. The van der Waals surface area contributed by atoms with Crippen LogP contribution in [0.1, 0.15) is 18.9 Å². The van der Waals surface area contributed by atoms with Gasteiger partial charge in [-0.1, -0.05) is 41.1 Å². The van der Waals surface area contributed by atoms with Crippen molar-refractivity contribution in [2.75, 3.05) is 13.2 Å². The lowest BCUT2D eigenvalue weighted by Gasteiger charge is -2.29. The van der Waals surface area contributed by atoms with Crippen LogP contribution < -0.4 is 0 Å². The Morgan fingerprint density at radius 2 is 1.79 bits per heavy atom. The smallest absolute Gasteiger partial charge is 0.0550 e. The summed E-state index contributed by atoms with van der Waals surface area (Å²) in [4.78, 5) is 0. The van der Waals surface area contributed by atoms with Crippen LogP contribution in [0.25, 0.3) is 0 Å². The van der Waals surface area contributed by atoms with Gasteiger partial charge in [-0.2, -0.15) is 0 Å². The van der Waals surface area contributed by atoms with Crippen molar-refractivity contribution in [3.8, 4) is 0 Å². The molecule has 0 amide bonds. The first-order valence-corrected chi connectivity index (χ1v) is 5.46. The average molecular weight is 259 g/mol. The fourth-order valence-corrected chi connectivity index (χ4v) is 2.23. The van der Waals surface area contributed by atoms with E-state index in [1.54, 1.807) is 0 Å².